The molecule has 6 heteroatoms. The molecule has 1 aromatic carbocycles. The maximum atomic E-state index is 14.5. The van der Waals surface area contributed by atoms with E-state index in [9.17, 15) is 9.18 Å². The zero-order chi connectivity index (χ0) is 21.5. The second-order valence-electron chi connectivity index (χ2n) is 7.96. The van der Waals surface area contributed by atoms with Crippen molar-refractivity contribution in [2.75, 3.05) is 20.1 Å². The van der Waals surface area contributed by atoms with E-state index < -0.39 is 5.82 Å². The third-order valence-corrected chi connectivity index (χ3v) is 5.71. The number of halogens is 1. The van der Waals surface area contributed by atoms with Gasteiger partial charge in [0.1, 0.15) is 5.52 Å². The molecule has 5 nitrogen and oxygen atoms in total. The Morgan fingerprint density at radius 1 is 1.16 bits per heavy atom. The lowest BCUT2D eigenvalue weighted by atomic mass is 9.97. The molecular formula is C25H22FN3O2. The fraction of sp³-hybridized carbons (Fsp3) is 0.200. The Bertz CT molecular complexity index is 1270. The van der Waals surface area contributed by atoms with E-state index in [0.29, 0.717) is 22.6 Å². The first-order chi connectivity index (χ1) is 15.0. The second-order valence-corrected chi connectivity index (χ2v) is 7.96. The van der Waals surface area contributed by atoms with E-state index in [1.54, 1.807) is 24.0 Å². The van der Waals surface area contributed by atoms with Gasteiger partial charge < -0.3 is 9.32 Å². The van der Waals surface area contributed by atoms with Gasteiger partial charge in [0.25, 0.3) is 5.91 Å². The normalized spacial score (nSPS) is 23.8. The van der Waals surface area contributed by atoms with Crippen LogP contribution >= 0.6 is 0 Å². The number of benzene rings is 1. The lowest BCUT2D eigenvalue weighted by Gasteiger charge is -2.27. The van der Waals surface area contributed by atoms with Crippen LogP contribution in [-0.4, -0.2) is 40.8 Å². The minimum atomic E-state index is -0.471. The van der Waals surface area contributed by atoms with Gasteiger partial charge in [-0.15, -0.1) is 0 Å². The zero-order valence-corrected chi connectivity index (χ0v) is 17.4. The zero-order valence-electron chi connectivity index (χ0n) is 17.4. The minimum absolute atomic E-state index is 0.185. The van der Waals surface area contributed by atoms with E-state index in [2.05, 4.69) is 29.1 Å². The summed E-state index contributed by atoms with van der Waals surface area (Å²) in [6.45, 7) is 3.58. The first kappa shape index (κ1) is 19.5. The number of hydrogen-bond donors (Lipinski definition) is 0. The number of oxazole rings is 1. The summed E-state index contributed by atoms with van der Waals surface area (Å²) in [5.74, 6) is -0.255. The summed E-state index contributed by atoms with van der Waals surface area (Å²) < 4.78 is 20.0. The molecule has 156 valence electrons. The maximum Gasteiger partial charge on any atom is 0.255 e. The molecular weight excluding hydrogens is 393 g/mol. The molecule has 3 aliphatic heterocycles. The molecule has 0 radical (unpaired) electrons. The average Bonchev–Trinajstić information content (AvgIpc) is 3.13. The van der Waals surface area contributed by atoms with Gasteiger partial charge >= 0.3 is 0 Å². The van der Waals surface area contributed by atoms with E-state index in [1.807, 2.05) is 24.4 Å². The number of carbonyl (C=O) groups is 1. The largest absolute Gasteiger partial charge is 0.441 e. The number of amides is 1. The van der Waals surface area contributed by atoms with Crippen LogP contribution in [0.3, 0.4) is 0 Å². The van der Waals surface area contributed by atoms with Crippen LogP contribution in [0.4, 0.5) is 4.39 Å². The van der Waals surface area contributed by atoms with Gasteiger partial charge in [-0.25, -0.2) is 9.37 Å². The Morgan fingerprint density at radius 3 is 2.84 bits per heavy atom. The number of fused-ring (bicyclic) bond motifs is 2. The van der Waals surface area contributed by atoms with E-state index in [4.69, 9.17) is 4.42 Å². The van der Waals surface area contributed by atoms with Crippen LogP contribution in [0.5, 0.6) is 0 Å². The van der Waals surface area contributed by atoms with E-state index in [0.717, 1.165) is 30.8 Å². The van der Waals surface area contributed by atoms with Crippen molar-refractivity contribution >= 4 is 22.6 Å². The number of allylic oxidation sites excluding steroid dienone is 7. The van der Waals surface area contributed by atoms with Crippen molar-refractivity contribution in [2.24, 2.45) is 0 Å². The van der Waals surface area contributed by atoms with Gasteiger partial charge in [0.2, 0.25) is 0 Å². The average molecular weight is 415 g/mol. The fourth-order valence-corrected chi connectivity index (χ4v) is 4.01. The summed E-state index contributed by atoms with van der Waals surface area (Å²) in [7, 11) is 2.10. The number of aromatic nitrogens is 1. The summed E-state index contributed by atoms with van der Waals surface area (Å²) in [5.41, 5.74) is 4.82. The van der Waals surface area contributed by atoms with Crippen molar-refractivity contribution in [3.63, 3.8) is 0 Å². The highest BCUT2D eigenvalue weighted by molar-refractivity contribution is 6.00. The van der Waals surface area contributed by atoms with Crippen LogP contribution < -0.4 is 0 Å². The van der Waals surface area contributed by atoms with Crippen molar-refractivity contribution < 1.29 is 13.6 Å². The Balaban J connectivity index is 1.51. The summed E-state index contributed by atoms with van der Waals surface area (Å²) in [6, 6.07) is 3.11. The van der Waals surface area contributed by atoms with Crippen molar-refractivity contribution in [1.29, 1.82) is 0 Å². The Kier molecular flexibility index (Phi) is 4.79. The molecule has 1 aromatic heterocycles. The maximum absolute atomic E-state index is 14.5. The molecule has 2 aromatic rings. The van der Waals surface area contributed by atoms with Gasteiger partial charge in [-0.05, 0) is 60.0 Å². The predicted octanol–water partition coefficient (Wildman–Crippen LogP) is 4.66. The molecule has 3 aliphatic rings. The summed E-state index contributed by atoms with van der Waals surface area (Å²) in [5, 5.41) is 0. The third kappa shape index (κ3) is 3.70. The van der Waals surface area contributed by atoms with Gasteiger partial charge in [0, 0.05) is 38.0 Å². The molecule has 0 fully saturated rings. The van der Waals surface area contributed by atoms with E-state index in [1.165, 1.54) is 17.7 Å². The van der Waals surface area contributed by atoms with E-state index in [-0.39, 0.29) is 11.4 Å². The summed E-state index contributed by atoms with van der Waals surface area (Å²) in [4.78, 5) is 21.1. The highest BCUT2D eigenvalue weighted by Crippen LogP contribution is 2.30. The number of likely N-dealkylation sites (N-methyl/N-ethyl adjacent to an activating group) is 1. The van der Waals surface area contributed by atoms with Crippen molar-refractivity contribution in [3.05, 3.63) is 95.0 Å². The molecule has 1 amide bonds. The van der Waals surface area contributed by atoms with Gasteiger partial charge in [-0.3, -0.25) is 9.69 Å². The van der Waals surface area contributed by atoms with Crippen molar-refractivity contribution in [1.82, 2.24) is 14.8 Å². The Morgan fingerprint density at radius 2 is 2.03 bits per heavy atom. The standard InChI is InChI=1S/C25H22FN3O2/c1-16-27-25-22(26)12-20(13-23(25)31-16)18-4-3-5-21-7-6-19(15-29(21)24(30)14-18)17-8-10-28(2)11-9-17/h3-8,12-15H,9-11H2,1-2H3/b4-3+,18-14+,21-5+. The minimum Gasteiger partial charge on any atom is -0.441 e. The number of aryl methyl sites for hydroxylation is 1. The molecule has 0 bridgehead atoms. The lowest BCUT2D eigenvalue weighted by Crippen LogP contribution is -2.27. The first-order valence-electron chi connectivity index (χ1n) is 10.3. The van der Waals surface area contributed by atoms with Crippen LogP contribution in [0.2, 0.25) is 0 Å². The second kappa shape index (κ2) is 7.63. The third-order valence-electron chi connectivity index (χ3n) is 5.71. The predicted molar refractivity (Wildman–Crippen MR) is 118 cm³/mol. The van der Waals surface area contributed by atoms with Gasteiger partial charge in [-0.2, -0.15) is 0 Å². The van der Waals surface area contributed by atoms with Gasteiger partial charge in [-0.1, -0.05) is 24.3 Å². The van der Waals surface area contributed by atoms with Crippen LogP contribution in [0.25, 0.3) is 16.7 Å². The molecule has 0 N–H and O–H groups in total. The Labute approximate surface area is 179 Å². The Hall–Kier alpha value is -3.51. The number of rotatable bonds is 2. The van der Waals surface area contributed by atoms with Crippen LogP contribution in [0, 0.1) is 12.7 Å². The van der Waals surface area contributed by atoms with E-state index >= 15 is 0 Å². The van der Waals surface area contributed by atoms with Gasteiger partial charge in [0.05, 0.1) is 0 Å². The molecule has 0 aliphatic carbocycles. The molecule has 0 saturated heterocycles. The van der Waals surface area contributed by atoms with Crippen LogP contribution in [0.15, 0.2) is 82.1 Å². The lowest BCUT2D eigenvalue weighted by molar-refractivity contribution is -0.122. The van der Waals surface area contributed by atoms with Crippen molar-refractivity contribution in [3.8, 4) is 0 Å². The van der Waals surface area contributed by atoms with Crippen LogP contribution in [0.1, 0.15) is 17.9 Å². The molecule has 0 spiro atoms. The summed E-state index contributed by atoms with van der Waals surface area (Å²) >= 11 is 0. The fourth-order valence-electron chi connectivity index (χ4n) is 4.01. The highest BCUT2D eigenvalue weighted by Gasteiger charge is 2.21. The molecule has 0 saturated carbocycles. The number of carbonyl (C=O) groups excluding carboxylic acids is 1. The molecule has 0 unspecified atom stereocenters. The topological polar surface area (TPSA) is 49.6 Å². The number of nitrogens with zero attached hydrogens (tertiary/aromatic N) is 3. The smallest absolute Gasteiger partial charge is 0.255 e. The molecule has 4 heterocycles. The monoisotopic (exact) mass is 415 g/mol. The quantitative estimate of drug-likeness (QED) is 0.716. The highest BCUT2D eigenvalue weighted by atomic mass is 19.1. The SMILES string of the molecule is Cc1nc2c(F)cc(C3=C\C(=O)N4C=C(C5=CCN(C)CC5)C=C\C4=C/C=C/3)cc2o1. The number of hydrogen-bond acceptors (Lipinski definition) is 4. The molecule has 0 atom stereocenters. The van der Waals surface area contributed by atoms with Gasteiger partial charge in [0.15, 0.2) is 17.3 Å². The summed E-state index contributed by atoms with van der Waals surface area (Å²) in [6.07, 6.45) is 16.1. The molecule has 31 heavy (non-hydrogen) atoms. The van der Waals surface area contributed by atoms with Crippen LogP contribution in [-0.2, 0) is 4.79 Å². The molecule has 5 rings (SSSR count). The first-order valence-corrected chi connectivity index (χ1v) is 10.3. The van der Waals surface area contributed by atoms with Crippen molar-refractivity contribution in [2.45, 2.75) is 13.3 Å².